The standard InChI is InChI=1S/C14H17ClF3NO/c15-10-5-6-13(20)9(7-10)8-19-12-4-2-1-3-11(12)14(16,17)18/h5-7,11-12,19-20H,1-4,8H2. The van der Waals surface area contributed by atoms with Gasteiger partial charge in [0.1, 0.15) is 5.75 Å². The quantitative estimate of drug-likeness (QED) is 0.874. The third-order valence-corrected chi connectivity index (χ3v) is 4.02. The molecule has 1 aliphatic carbocycles. The molecule has 2 nitrogen and oxygen atoms in total. The molecule has 2 rings (SSSR count). The highest BCUT2D eigenvalue weighted by Crippen LogP contribution is 2.38. The Morgan fingerprint density at radius 2 is 1.95 bits per heavy atom. The van der Waals surface area contributed by atoms with Crippen molar-refractivity contribution < 1.29 is 18.3 Å². The summed E-state index contributed by atoms with van der Waals surface area (Å²) in [5.74, 6) is -1.26. The molecule has 0 amide bonds. The Kier molecular flexibility index (Phi) is 4.81. The summed E-state index contributed by atoms with van der Waals surface area (Å²) in [5, 5.41) is 13.0. The van der Waals surface area contributed by atoms with Crippen LogP contribution < -0.4 is 5.32 Å². The fraction of sp³-hybridized carbons (Fsp3) is 0.571. The van der Waals surface area contributed by atoms with Gasteiger partial charge in [0.25, 0.3) is 0 Å². The first-order chi connectivity index (χ1) is 9.38. The van der Waals surface area contributed by atoms with E-state index < -0.39 is 18.1 Å². The van der Waals surface area contributed by atoms with E-state index in [1.54, 1.807) is 12.1 Å². The number of rotatable bonds is 3. The van der Waals surface area contributed by atoms with E-state index in [1.165, 1.54) is 6.07 Å². The fourth-order valence-electron chi connectivity index (χ4n) is 2.70. The second-order valence-electron chi connectivity index (χ2n) is 5.19. The molecule has 1 aromatic carbocycles. The maximum atomic E-state index is 13.0. The van der Waals surface area contributed by atoms with Crippen LogP contribution in [0, 0.1) is 5.92 Å². The van der Waals surface area contributed by atoms with Crippen LogP contribution in [-0.2, 0) is 6.54 Å². The zero-order chi connectivity index (χ0) is 14.8. The van der Waals surface area contributed by atoms with Crippen LogP contribution in [-0.4, -0.2) is 17.3 Å². The molecule has 1 aromatic rings. The summed E-state index contributed by atoms with van der Waals surface area (Å²) in [7, 11) is 0. The van der Waals surface area contributed by atoms with Crippen molar-refractivity contribution in [2.75, 3.05) is 0 Å². The van der Waals surface area contributed by atoms with E-state index in [4.69, 9.17) is 11.6 Å². The van der Waals surface area contributed by atoms with Crippen molar-refractivity contribution in [3.63, 3.8) is 0 Å². The summed E-state index contributed by atoms with van der Waals surface area (Å²) in [6.07, 6.45) is -2.08. The van der Waals surface area contributed by atoms with Crippen LogP contribution in [0.2, 0.25) is 5.02 Å². The summed E-state index contributed by atoms with van der Waals surface area (Å²) >= 11 is 5.82. The molecule has 0 bridgehead atoms. The molecule has 2 atom stereocenters. The van der Waals surface area contributed by atoms with Crippen molar-refractivity contribution >= 4 is 11.6 Å². The molecule has 0 saturated heterocycles. The minimum Gasteiger partial charge on any atom is -0.508 e. The molecule has 0 heterocycles. The number of alkyl halides is 3. The van der Waals surface area contributed by atoms with E-state index in [2.05, 4.69) is 5.32 Å². The van der Waals surface area contributed by atoms with Gasteiger partial charge in [0.15, 0.2) is 0 Å². The van der Waals surface area contributed by atoms with E-state index in [9.17, 15) is 18.3 Å². The molecule has 2 unspecified atom stereocenters. The van der Waals surface area contributed by atoms with Crippen LogP contribution in [0.3, 0.4) is 0 Å². The molecule has 20 heavy (non-hydrogen) atoms. The summed E-state index contributed by atoms with van der Waals surface area (Å²) in [4.78, 5) is 0. The molecule has 112 valence electrons. The lowest BCUT2D eigenvalue weighted by Gasteiger charge is -2.33. The van der Waals surface area contributed by atoms with Gasteiger partial charge in [-0.05, 0) is 31.0 Å². The molecular formula is C14H17ClF3NO. The second kappa shape index (κ2) is 6.22. The van der Waals surface area contributed by atoms with Crippen molar-refractivity contribution in [2.24, 2.45) is 5.92 Å². The van der Waals surface area contributed by atoms with Crippen molar-refractivity contribution in [3.8, 4) is 5.75 Å². The van der Waals surface area contributed by atoms with Gasteiger partial charge in [0.05, 0.1) is 5.92 Å². The zero-order valence-electron chi connectivity index (χ0n) is 10.9. The molecular weight excluding hydrogens is 291 g/mol. The highest BCUT2D eigenvalue weighted by Gasteiger charge is 2.45. The minimum atomic E-state index is -4.17. The number of hydrogen-bond acceptors (Lipinski definition) is 2. The number of aromatic hydroxyl groups is 1. The fourth-order valence-corrected chi connectivity index (χ4v) is 2.90. The number of hydrogen-bond donors (Lipinski definition) is 2. The maximum absolute atomic E-state index is 13.0. The van der Waals surface area contributed by atoms with E-state index >= 15 is 0 Å². The van der Waals surface area contributed by atoms with Crippen molar-refractivity contribution in [1.82, 2.24) is 5.32 Å². The maximum Gasteiger partial charge on any atom is 0.393 e. The van der Waals surface area contributed by atoms with Crippen LogP contribution >= 0.6 is 11.6 Å². The lowest BCUT2D eigenvalue weighted by molar-refractivity contribution is -0.189. The highest BCUT2D eigenvalue weighted by atomic mass is 35.5. The van der Waals surface area contributed by atoms with Gasteiger partial charge in [0, 0.05) is 23.2 Å². The van der Waals surface area contributed by atoms with Crippen LogP contribution in [0.4, 0.5) is 13.2 Å². The van der Waals surface area contributed by atoms with Crippen LogP contribution in [0.15, 0.2) is 18.2 Å². The average Bonchev–Trinajstić information content (AvgIpc) is 2.39. The molecule has 0 radical (unpaired) electrons. The SMILES string of the molecule is Oc1ccc(Cl)cc1CNC1CCCCC1C(F)(F)F. The largest absolute Gasteiger partial charge is 0.508 e. The van der Waals surface area contributed by atoms with Crippen LogP contribution in [0.25, 0.3) is 0 Å². The molecule has 1 aliphatic rings. The van der Waals surface area contributed by atoms with E-state index in [-0.39, 0.29) is 18.7 Å². The Morgan fingerprint density at radius 3 is 2.65 bits per heavy atom. The molecule has 1 fully saturated rings. The molecule has 1 saturated carbocycles. The van der Waals surface area contributed by atoms with Crippen LogP contribution in [0.1, 0.15) is 31.2 Å². The van der Waals surface area contributed by atoms with Gasteiger partial charge in [-0.15, -0.1) is 0 Å². The molecule has 0 aromatic heterocycles. The third kappa shape index (κ3) is 3.79. The number of phenols is 1. The van der Waals surface area contributed by atoms with Gasteiger partial charge in [-0.3, -0.25) is 0 Å². The van der Waals surface area contributed by atoms with Crippen molar-refractivity contribution in [2.45, 2.75) is 44.4 Å². The summed E-state index contributed by atoms with van der Waals surface area (Å²) < 4.78 is 38.9. The molecule has 0 aliphatic heterocycles. The Morgan fingerprint density at radius 1 is 1.25 bits per heavy atom. The van der Waals surface area contributed by atoms with E-state index in [1.807, 2.05) is 0 Å². The van der Waals surface area contributed by atoms with Gasteiger partial charge < -0.3 is 10.4 Å². The Balaban J connectivity index is 2.03. The Hall–Kier alpha value is -0.940. The van der Waals surface area contributed by atoms with Crippen molar-refractivity contribution in [1.29, 1.82) is 0 Å². The Bertz CT molecular complexity index is 464. The van der Waals surface area contributed by atoms with Gasteiger partial charge in [-0.2, -0.15) is 13.2 Å². The third-order valence-electron chi connectivity index (χ3n) is 3.78. The first kappa shape index (κ1) is 15.4. The van der Waals surface area contributed by atoms with Gasteiger partial charge in [-0.1, -0.05) is 24.4 Å². The molecule has 2 N–H and O–H groups in total. The average molecular weight is 308 g/mol. The lowest BCUT2D eigenvalue weighted by atomic mass is 9.84. The number of benzene rings is 1. The molecule has 6 heteroatoms. The summed E-state index contributed by atoms with van der Waals surface area (Å²) in [6, 6.07) is 3.96. The summed E-state index contributed by atoms with van der Waals surface area (Å²) in [5.41, 5.74) is 0.518. The zero-order valence-corrected chi connectivity index (χ0v) is 11.6. The minimum absolute atomic E-state index is 0.0428. The number of halogens is 4. The first-order valence-electron chi connectivity index (χ1n) is 6.65. The van der Waals surface area contributed by atoms with Crippen molar-refractivity contribution in [3.05, 3.63) is 28.8 Å². The smallest absolute Gasteiger partial charge is 0.393 e. The molecule has 0 spiro atoms. The monoisotopic (exact) mass is 307 g/mol. The van der Waals surface area contributed by atoms with Gasteiger partial charge in [0.2, 0.25) is 0 Å². The Labute approximate surface area is 120 Å². The van der Waals surface area contributed by atoms with E-state index in [0.29, 0.717) is 23.4 Å². The normalized spacial score (nSPS) is 23.8. The first-order valence-corrected chi connectivity index (χ1v) is 7.03. The van der Waals surface area contributed by atoms with E-state index in [0.717, 1.165) is 6.42 Å². The van der Waals surface area contributed by atoms with Crippen LogP contribution in [0.5, 0.6) is 5.75 Å². The van der Waals surface area contributed by atoms with Gasteiger partial charge >= 0.3 is 6.18 Å². The van der Waals surface area contributed by atoms with Gasteiger partial charge in [-0.25, -0.2) is 0 Å². The lowest BCUT2D eigenvalue weighted by Crippen LogP contribution is -2.45. The number of phenolic OH excluding ortho intramolecular Hbond substituents is 1. The predicted molar refractivity (Wildman–Crippen MR) is 71.8 cm³/mol. The topological polar surface area (TPSA) is 32.3 Å². The second-order valence-corrected chi connectivity index (χ2v) is 5.63. The number of nitrogens with one attached hydrogen (secondary N) is 1. The highest BCUT2D eigenvalue weighted by molar-refractivity contribution is 6.30. The summed E-state index contributed by atoms with van der Waals surface area (Å²) in [6.45, 7) is 0.184. The predicted octanol–water partition coefficient (Wildman–Crippen LogP) is 4.26.